The highest BCUT2D eigenvalue weighted by Gasteiger charge is 2.25. The number of rotatable bonds is 11. The predicted octanol–water partition coefficient (Wildman–Crippen LogP) is 3.48. The minimum Gasteiger partial charge on any atom is -0.329 e. The summed E-state index contributed by atoms with van der Waals surface area (Å²) < 4.78 is 0. The molecule has 126 valence electrons. The van der Waals surface area contributed by atoms with Gasteiger partial charge in [-0.3, -0.25) is 4.90 Å². The highest BCUT2D eigenvalue weighted by molar-refractivity contribution is 4.83. The van der Waals surface area contributed by atoms with E-state index >= 15 is 0 Å². The second kappa shape index (κ2) is 11.4. The van der Waals surface area contributed by atoms with E-state index in [1.165, 1.54) is 77.3 Å². The van der Waals surface area contributed by atoms with Crippen LogP contribution in [0.1, 0.15) is 71.1 Å². The van der Waals surface area contributed by atoms with Gasteiger partial charge in [-0.1, -0.05) is 51.9 Å². The molecule has 1 heterocycles. The van der Waals surface area contributed by atoms with Crippen LogP contribution in [-0.2, 0) is 0 Å². The third-order valence-electron chi connectivity index (χ3n) is 5.09. The Balaban J connectivity index is 2.18. The fourth-order valence-corrected chi connectivity index (χ4v) is 3.52. The van der Waals surface area contributed by atoms with E-state index in [2.05, 4.69) is 30.8 Å². The first-order chi connectivity index (χ1) is 10.2. The van der Waals surface area contributed by atoms with E-state index in [0.717, 1.165) is 12.6 Å². The first-order valence-corrected chi connectivity index (χ1v) is 9.29. The van der Waals surface area contributed by atoms with Gasteiger partial charge in [0.1, 0.15) is 0 Å². The number of likely N-dealkylation sites (tertiary alicyclic amines) is 1. The molecule has 1 saturated heterocycles. The molecule has 2 N–H and O–H groups in total. The minimum absolute atomic E-state index is 0.614. The molecule has 1 aliphatic rings. The number of nitrogens with zero attached hydrogens (tertiary/aromatic N) is 2. The van der Waals surface area contributed by atoms with Crippen LogP contribution in [0.15, 0.2) is 0 Å². The van der Waals surface area contributed by atoms with Crippen molar-refractivity contribution < 1.29 is 0 Å². The average Bonchev–Trinajstić information content (AvgIpc) is 2.50. The maximum atomic E-state index is 6.05. The largest absolute Gasteiger partial charge is 0.329 e. The van der Waals surface area contributed by atoms with Crippen LogP contribution in [0, 0.1) is 0 Å². The standard InChI is InChI=1S/C18H39N3/c1-4-5-6-7-8-9-10-12-17(15-19)21-14-11-13-18(16-21)20(2)3/h17-18H,4-16,19H2,1-3H3. The number of nitrogens with two attached hydrogens (primary N) is 1. The van der Waals surface area contributed by atoms with Gasteiger partial charge < -0.3 is 10.6 Å². The van der Waals surface area contributed by atoms with Crippen molar-refractivity contribution in [2.45, 2.75) is 83.2 Å². The summed E-state index contributed by atoms with van der Waals surface area (Å²) in [5, 5.41) is 0. The van der Waals surface area contributed by atoms with Gasteiger partial charge in [-0.15, -0.1) is 0 Å². The van der Waals surface area contributed by atoms with Crippen LogP contribution in [-0.4, -0.2) is 55.6 Å². The molecular formula is C18H39N3. The van der Waals surface area contributed by atoms with Crippen molar-refractivity contribution in [3.05, 3.63) is 0 Å². The summed E-state index contributed by atoms with van der Waals surface area (Å²) in [6.45, 7) is 5.58. The van der Waals surface area contributed by atoms with Crippen molar-refractivity contribution >= 4 is 0 Å². The molecule has 0 aromatic rings. The molecule has 0 aromatic carbocycles. The number of hydrogen-bond acceptors (Lipinski definition) is 3. The van der Waals surface area contributed by atoms with E-state index in [-0.39, 0.29) is 0 Å². The van der Waals surface area contributed by atoms with Crippen LogP contribution < -0.4 is 5.73 Å². The van der Waals surface area contributed by atoms with Gasteiger partial charge in [-0.05, 0) is 39.9 Å². The molecule has 0 amide bonds. The third-order valence-corrected chi connectivity index (χ3v) is 5.09. The SMILES string of the molecule is CCCCCCCCCC(CN)N1CCCC(N(C)C)C1. The zero-order chi connectivity index (χ0) is 15.5. The Morgan fingerprint density at radius 3 is 2.38 bits per heavy atom. The summed E-state index contributed by atoms with van der Waals surface area (Å²) in [6.07, 6.45) is 13.7. The van der Waals surface area contributed by atoms with Gasteiger partial charge in [0.05, 0.1) is 0 Å². The minimum atomic E-state index is 0.614. The molecular weight excluding hydrogens is 258 g/mol. The molecule has 1 rings (SSSR count). The Bertz CT molecular complexity index is 243. The van der Waals surface area contributed by atoms with Crippen molar-refractivity contribution in [2.75, 3.05) is 33.7 Å². The van der Waals surface area contributed by atoms with Crippen molar-refractivity contribution in [3.8, 4) is 0 Å². The summed E-state index contributed by atoms with van der Waals surface area (Å²) in [6, 6.07) is 1.34. The maximum absolute atomic E-state index is 6.05. The highest BCUT2D eigenvalue weighted by atomic mass is 15.2. The van der Waals surface area contributed by atoms with E-state index in [1.807, 2.05) is 0 Å². The molecule has 0 radical (unpaired) electrons. The summed E-state index contributed by atoms with van der Waals surface area (Å²) in [4.78, 5) is 5.04. The summed E-state index contributed by atoms with van der Waals surface area (Å²) in [5.74, 6) is 0. The fraction of sp³-hybridized carbons (Fsp3) is 1.00. The first kappa shape index (κ1) is 18.9. The first-order valence-electron chi connectivity index (χ1n) is 9.29. The lowest BCUT2D eigenvalue weighted by molar-refractivity contribution is 0.0935. The fourth-order valence-electron chi connectivity index (χ4n) is 3.52. The molecule has 3 nitrogen and oxygen atoms in total. The lowest BCUT2D eigenvalue weighted by atomic mass is 9.99. The zero-order valence-corrected chi connectivity index (χ0v) is 14.8. The Morgan fingerprint density at radius 2 is 1.76 bits per heavy atom. The molecule has 0 aromatic heterocycles. The Hall–Kier alpha value is -0.120. The molecule has 0 aliphatic carbocycles. The van der Waals surface area contributed by atoms with Crippen molar-refractivity contribution in [2.24, 2.45) is 5.73 Å². The second-order valence-electron chi connectivity index (χ2n) is 7.05. The van der Waals surface area contributed by atoms with E-state index < -0.39 is 0 Å². The monoisotopic (exact) mass is 297 g/mol. The van der Waals surface area contributed by atoms with Crippen LogP contribution in [0.25, 0.3) is 0 Å². The van der Waals surface area contributed by atoms with Crippen LogP contribution in [0.4, 0.5) is 0 Å². The molecule has 21 heavy (non-hydrogen) atoms. The average molecular weight is 298 g/mol. The van der Waals surface area contributed by atoms with Gasteiger partial charge in [-0.2, -0.15) is 0 Å². The molecule has 3 heteroatoms. The molecule has 0 spiro atoms. The number of unbranched alkanes of at least 4 members (excludes halogenated alkanes) is 6. The second-order valence-corrected chi connectivity index (χ2v) is 7.05. The van der Waals surface area contributed by atoms with Crippen molar-refractivity contribution in [3.63, 3.8) is 0 Å². The van der Waals surface area contributed by atoms with E-state index in [0.29, 0.717) is 6.04 Å². The lowest BCUT2D eigenvalue weighted by Crippen LogP contribution is -2.51. The lowest BCUT2D eigenvalue weighted by Gasteiger charge is -2.40. The van der Waals surface area contributed by atoms with Crippen molar-refractivity contribution in [1.82, 2.24) is 9.80 Å². The van der Waals surface area contributed by atoms with E-state index in [4.69, 9.17) is 5.73 Å². The maximum Gasteiger partial charge on any atom is 0.0219 e. The van der Waals surface area contributed by atoms with Gasteiger partial charge in [0.15, 0.2) is 0 Å². The molecule has 0 bridgehead atoms. The van der Waals surface area contributed by atoms with Gasteiger partial charge in [-0.25, -0.2) is 0 Å². The number of piperidine rings is 1. The summed E-state index contributed by atoms with van der Waals surface area (Å²) in [5.41, 5.74) is 6.05. The molecule has 2 unspecified atom stereocenters. The van der Waals surface area contributed by atoms with Crippen LogP contribution >= 0.6 is 0 Å². The zero-order valence-electron chi connectivity index (χ0n) is 14.8. The highest BCUT2D eigenvalue weighted by Crippen LogP contribution is 2.19. The van der Waals surface area contributed by atoms with Gasteiger partial charge in [0, 0.05) is 25.2 Å². The van der Waals surface area contributed by atoms with Crippen LogP contribution in [0.5, 0.6) is 0 Å². The van der Waals surface area contributed by atoms with Gasteiger partial charge >= 0.3 is 0 Å². The Morgan fingerprint density at radius 1 is 1.10 bits per heavy atom. The van der Waals surface area contributed by atoms with Crippen LogP contribution in [0.3, 0.4) is 0 Å². The topological polar surface area (TPSA) is 32.5 Å². The summed E-state index contributed by atoms with van der Waals surface area (Å²) in [7, 11) is 4.42. The van der Waals surface area contributed by atoms with Gasteiger partial charge in [0.2, 0.25) is 0 Å². The normalized spacial score (nSPS) is 21.9. The smallest absolute Gasteiger partial charge is 0.0219 e. The quantitative estimate of drug-likeness (QED) is 0.593. The molecule has 2 atom stereocenters. The van der Waals surface area contributed by atoms with E-state index in [1.54, 1.807) is 0 Å². The van der Waals surface area contributed by atoms with Gasteiger partial charge in [0.25, 0.3) is 0 Å². The van der Waals surface area contributed by atoms with Crippen molar-refractivity contribution in [1.29, 1.82) is 0 Å². The molecule has 1 aliphatic heterocycles. The Kier molecular flexibility index (Phi) is 10.3. The number of likely N-dealkylation sites (N-methyl/N-ethyl adjacent to an activating group) is 1. The number of hydrogen-bond donors (Lipinski definition) is 1. The third kappa shape index (κ3) is 7.62. The molecule has 1 fully saturated rings. The van der Waals surface area contributed by atoms with Crippen LogP contribution in [0.2, 0.25) is 0 Å². The molecule has 0 saturated carbocycles. The van der Waals surface area contributed by atoms with E-state index in [9.17, 15) is 0 Å². The Labute approximate surface area is 133 Å². The predicted molar refractivity (Wildman–Crippen MR) is 93.7 cm³/mol. The summed E-state index contributed by atoms with van der Waals surface area (Å²) >= 11 is 0.